The molecule has 1 aliphatic rings. The van der Waals surface area contributed by atoms with E-state index < -0.39 is 6.10 Å². The van der Waals surface area contributed by atoms with Gasteiger partial charge in [-0.25, -0.2) is 0 Å². The van der Waals surface area contributed by atoms with Crippen molar-refractivity contribution in [3.05, 3.63) is 24.3 Å². The highest BCUT2D eigenvalue weighted by atomic mass is 35.5. The Morgan fingerprint density at radius 2 is 2.14 bits per heavy atom. The number of amides is 1. The summed E-state index contributed by atoms with van der Waals surface area (Å²) in [5, 5.41) is 3.18. The number of rotatable bonds is 6. The lowest BCUT2D eigenvalue weighted by atomic mass is 10.1. The van der Waals surface area contributed by atoms with Crippen molar-refractivity contribution in [2.24, 2.45) is 5.92 Å². The van der Waals surface area contributed by atoms with Crippen LogP contribution in [0.2, 0.25) is 0 Å². The minimum absolute atomic E-state index is 0. The van der Waals surface area contributed by atoms with Gasteiger partial charge in [0.1, 0.15) is 5.75 Å². The van der Waals surface area contributed by atoms with Gasteiger partial charge in [0.25, 0.3) is 5.91 Å². The number of halogens is 1. The molecule has 1 heterocycles. The van der Waals surface area contributed by atoms with E-state index in [9.17, 15) is 4.79 Å². The number of likely N-dealkylation sites (tertiary alicyclic amines) is 1. The Kier molecular flexibility index (Phi) is 8.07. The van der Waals surface area contributed by atoms with Crippen molar-refractivity contribution in [3.63, 3.8) is 0 Å². The molecule has 1 aromatic rings. The highest BCUT2D eigenvalue weighted by Crippen LogP contribution is 2.21. The molecule has 1 N–H and O–H groups in total. The molecule has 1 aromatic carbocycles. The fourth-order valence-corrected chi connectivity index (χ4v) is 3.06. The SMILES string of the molecule is CNCC1CCN(C(=O)C(C)Oc2ccc(SC)cc2)C1.Cl. The first-order valence-corrected chi connectivity index (χ1v) is 8.60. The Labute approximate surface area is 143 Å². The molecule has 0 radical (unpaired) electrons. The predicted molar refractivity (Wildman–Crippen MR) is 94.2 cm³/mol. The van der Waals surface area contributed by atoms with Gasteiger partial charge in [0.2, 0.25) is 0 Å². The topological polar surface area (TPSA) is 41.6 Å². The third-order valence-electron chi connectivity index (χ3n) is 3.81. The van der Waals surface area contributed by atoms with Crippen molar-refractivity contribution in [2.45, 2.75) is 24.3 Å². The van der Waals surface area contributed by atoms with Crippen LogP contribution in [0.25, 0.3) is 0 Å². The first kappa shape index (κ1) is 19.1. The van der Waals surface area contributed by atoms with Gasteiger partial charge in [-0.3, -0.25) is 4.79 Å². The van der Waals surface area contributed by atoms with Gasteiger partial charge in [-0.1, -0.05) is 0 Å². The number of hydrogen-bond donors (Lipinski definition) is 1. The standard InChI is InChI=1S/C16H24N2O2S.ClH/c1-12(20-14-4-6-15(21-3)7-5-14)16(19)18-9-8-13(11-18)10-17-2;/h4-7,12-13,17H,8-11H2,1-3H3;1H. The summed E-state index contributed by atoms with van der Waals surface area (Å²) < 4.78 is 5.77. The Morgan fingerprint density at radius 3 is 2.73 bits per heavy atom. The summed E-state index contributed by atoms with van der Waals surface area (Å²) in [5.41, 5.74) is 0. The van der Waals surface area contributed by atoms with Gasteiger partial charge in [0.15, 0.2) is 6.10 Å². The van der Waals surface area contributed by atoms with Crippen LogP contribution in [0.3, 0.4) is 0 Å². The van der Waals surface area contributed by atoms with E-state index in [1.54, 1.807) is 11.8 Å². The third-order valence-corrected chi connectivity index (χ3v) is 4.55. The van der Waals surface area contributed by atoms with E-state index in [0.29, 0.717) is 5.92 Å². The van der Waals surface area contributed by atoms with Crippen LogP contribution < -0.4 is 10.1 Å². The van der Waals surface area contributed by atoms with Crippen LogP contribution >= 0.6 is 24.2 Å². The Morgan fingerprint density at radius 1 is 1.45 bits per heavy atom. The number of thioether (sulfide) groups is 1. The first-order valence-electron chi connectivity index (χ1n) is 7.38. The molecular formula is C16H25ClN2O2S. The summed E-state index contributed by atoms with van der Waals surface area (Å²) in [7, 11) is 1.95. The number of nitrogens with one attached hydrogen (secondary N) is 1. The van der Waals surface area contributed by atoms with Crippen molar-refractivity contribution in [3.8, 4) is 5.75 Å². The predicted octanol–water partition coefficient (Wildman–Crippen LogP) is 2.67. The summed E-state index contributed by atoms with van der Waals surface area (Å²) >= 11 is 1.69. The summed E-state index contributed by atoms with van der Waals surface area (Å²) in [6.07, 6.45) is 2.68. The normalized spacial score (nSPS) is 18.7. The van der Waals surface area contributed by atoms with Crippen LogP contribution in [0.5, 0.6) is 5.75 Å². The maximum Gasteiger partial charge on any atom is 0.263 e. The Balaban J connectivity index is 0.00000242. The lowest BCUT2D eigenvalue weighted by Crippen LogP contribution is -2.39. The van der Waals surface area contributed by atoms with Gasteiger partial charge in [-0.05, 0) is 63.4 Å². The average molecular weight is 345 g/mol. The number of nitrogens with zero attached hydrogens (tertiary/aromatic N) is 1. The number of ether oxygens (including phenoxy) is 1. The lowest BCUT2D eigenvalue weighted by Gasteiger charge is -2.22. The summed E-state index contributed by atoms with van der Waals surface area (Å²) in [4.78, 5) is 15.5. The molecular weight excluding hydrogens is 320 g/mol. The smallest absolute Gasteiger partial charge is 0.263 e. The second-order valence-corrected chi connectivity index (χ2v) is 6.31. The van der Waals surface area contributed by atoms with E-state index in [2.05, 4.69) is 5.32 Å². The number of carbonyl (C=O) groups excluding carboxylic acids is 1. The number of carbonyl (C=O) groups is 1. The van der Waals surface area contributed by atoms with Crippen LogP contribution in [0.1, 0.15) is 13.3 Å². The van der Waals surface area contributed by atoms with Crippen molar-refractivity contribution < 1.29 is 9.53 Å². The lowest BCUT2D eigenvalue weighted by molar-refractivity contribution is -0.137. The molecule has 1 aliphatic heterocycles. The van der Waals surface area contributed by atoms with Crippen molar-refractivity contribution in [1.29, 1.82) is 0 Å². The molecule has 2 unspecified atom stereocenters. The van der Waals surface area contributed by atoms with Crippen LogP contribution in [-0.2, 0) is 4.79 Å². The fraction of sp³-hybridized carbons (Fsp3) is 0.562. The maximum atomic E-state index is 12.4. The highest BCUT2D eigenvalue weighted by Gasteiger charge is 2.29. The molecule has 0 aromatic heterocycles. The minimum Gasteiger partial charge on any atom is -0.481 e. The van der Waals surface area contributed by atoms with E-state index >= 15 is 0 Å². The van der Waals surface area contributed by atoms with E-state index in [-0.39, 0.29) is 18.3 Å². The molecule has 1 fully saturated rings. The Hall–Kier alpha value is -0.910. The fourth-order valence-electron chi connectivity index (χ4n) is 2.65. The molecule has 2 rings (SSSR count). The van der Waals surface area contributed by atoms with Gasteiger partial charge in [-0.15, -0.1) is 24.2 Å². The quantitative estimate of drug-likeness (QED) is 0.806. The second-order valence-electron chi connectivity index (χ2n) is 5.43. The zero-order chi connectivity index (χ0) is 15.2. The molecule has 4 nitrogen and oxygen atoms in total. The number of hydrogen-bond acceptors (Lipinski definition) is 4. The monoisotopic (exact) mass is 344 g/mol. The van der Waals surface area contributed by atoms with E-state index in [0.717, 1.165) is 31.8 Å². The molecule has 124 valence electrons. The van der Waals surface area contributed by atoms with Gasteiger partial charge in [0.05, 0.1) is 0 Å². The van der Waals surface area contributed by atoms with Crippen molar-refractivity contribution >= 4 is 30.1 Å². The molecule has 6 heteroatoms. The Bertz CT molecular complexity index is 470. The summed E-state index contributed by atoms with van der Waals surface area (Å²) in [6.45, 7) is 4.47. The van der Waals surface area contributed by atoms with E-state index in [1.165, 1.54) is 4.90 Å². The number of benzene rings is 1. The van der Waals surface area contributed by atoms with Crippen LogP contribution in [0.4, 0.5) is 0 Å². The zero-order valence-corrected chi connectivity index (χ0v) is 15.0. The molecule has 1 saturated heterocycles. The average Bonchev–Trinajstić information content (AvgIpc) is 2.96. The maximum absolute atomic E-state index is 12.4. The van der Waals surface area contributed by atoms with Gasteiger partial charge < -0.3 is 15.0 Å². The van der Waals surface area contributed by atoms with Gasteiger partial charge in [-0.2, -0.15) is 0 Å². The van der Waals surface area contributed by atoms with E-state index in [1.807, 2.05) is 49.4 Å². The zero-order valence-electron chi connectivity index (χ0n) is 13.4. The van der Waals surface area contributed by atoms with Gasteiger partial charge >= 0.3 is 0 Å². The second kappa shape index (κ2) is 9.28. The molecule has 0 spiro atoms. The van der Waals surface area contributed by atoms with Crippen molar-refractivity contribution in [2.75, 3.05) is 32.9 Å². The molecule has 22 heavy (non-hydrogen) atoms. The van der Waals surface area contributed by atoms with Crippen LogP contribution in [0.15, 0.2) is 29.2 Å². The molecule has 1 amide bonds. The van der Waals surface area contributed by atoms with Crippen molar-refractivity contribution in [1.82, 2.24) is 10.2 Å². The molecule has 0 aliphatic carbocycles. The largest absolute Gasteiger partial charge is 0.481 e. The molecule has 0 bridgehead atoms. The van der Waals surface area contributed by atoms with Gasteiger partial charge in [0, 0.05) is 18.0 Å². The van der Waals surface area contributed by atoms with Crippen LogP contribution in [0, 0.1) is 5.92 Å². The highest BCUT2D eigenvalue weighted by molar-refractivity contribution is 7.98. The minimum atomic E-state index is -0.432. The summed E-state index contributed by atoms with van der Waals surface area (Å²) in [6, 6.07) is 7.86. The van der Waals surface area contributed by atoms with E-state index in [4.69, 9.17) is 4.74 Å². The molecule has 2 atom stereocenters. The molecule has 0 saturated carbocycles. The first-order chi connectivity index (χ1) is 10.1. The van der Waals surface area contributed by atoms with Crippen LogP contribution in [-0.4, -0.2) is 49.8 Å². The third kappa shape index (κ3) is 5.07. The summed E-state index contributed by atoms with van der Waals surface area (Å²) in [5.74, 6) is 1.40.